The van der Waals surface area contributed by atoms with Gasteiger partial charge in [0.1, 0.15) is 0 Å². The van der Waals surface area contributed by atoms with E-state index in [1.165, 1.54) is 0 Å². The minimum Gasteiger partial charge on any atom is -0.237 e. The number of nitrogens with zero attached hydrogens (tertiary/aromatic N) is 6. The molecule has 1 fully saturated rings. The quantitative estimate of drug-likeness (QED) is 0.322. The lowest BCUT2D eigenvalue weighted by atomic mass is 10.3. The SMILES string of the molecule is CC(C)N1CCCN(C(C)C)P12=NP(Cl)(Cl)=NP(Cl)(Cl)=NP(Cl)(Cl)=N2. The maximum absolute atomic E-state index is 6.47. The second kappa shape index (κ2) is 8.37. The summed E-state index contributed by atoms with van der Waals surface area (Å²) in [5.41, 5.74) is 0. The second-order valence-electron chi connectivity index (χ2n) is 6.13. The van der Waals surface area contributed by atoms with Crippen molar-refractivity contribution in [2.45, 2.75) is 46.2 Å². The Bertz CT molecular complexity index is 726. The highest BCUT2D eigenvalue weighted by Gasteiger charge is 2.45. The summed E-state index contributed by atoms with van der Waals surface area (Å²) in [6.07, 6.45) is 0.964. The van der Waals surface area contributed by atoms with E-state index in [1.54, 1.807) is 0 Å². The van der Waals surface area contributed by atoms with E-state index >= 15 is 0 Å². The molecule has 1 spiro atoms. The van der Waals surface area contributed by atoms with E-state index in [0.29, 0.717) is 0 Å². The molecule has 2 aliphatic rings. The van der Waals surface area contributed by atoms with E-state index in [2.05, 4.69) is 46.1 Å². The molecular weight excluding hydrogens is 529 g/mol. The lowest BCUT2D eigenvalue weighted by Crippen LogP contribution is -2.44. The number of hydrogen-bond acceptors (Lipinski definition) is 6. The summed E-state index contributed by atoms with van der Waals surface area (Å²) >= 11 is 38.2. The predicted molar refractivity (Wildman–Crippen MR) is 121 cm³/mol. The van der Waals surface area contributed by atoms with Crippen LogP contribution >= 0.6 is 92.7 Å². The minimum atomic E-state index is -3.25. The van der Waals surface area contributed by atoms with Crippen molar-refractivity contribution in [2.24, 2.45) is 18.1 Å². The van der Waals surface area contributed by atoms with Crippen LogP contribution in [0.5, 0.6) is 0 Å². The zero-order chi connectivity index (χ0) is 19.3. The Kier molecular flexibility index (Phi) is 7.99. The Hall–Kier alpha value is 2.58. The van der Waals surface area contributed by atoms with E-state index in [1.807, 2.05) is 0 Å². The van der Waals surface area contributed by atoms with Crippen LogP contribution in [-0.2, 0) is 0 Å². The molecule has 2 heterocycles. The molecule has 6 nitrogen and oxygen atoms in total. The molecule has 0 amide bonds. The number of hydrogen-bond donors (Lipinski definition) is 0. The standard InChI is InChI=1S/C9H20Cl6N6P4/c1-8(2)20-6-5-7-21(9(3)4)25(20)18-23(12,13)16-22(10,11)17-24(14,15)19-25/h8-9H,5-7H2,1-4H3. The second-order valence-corrected chi connectivity index (χ2v) is 23.9. The van der Waals surface area contributed by atoms with Gasteiger partial charge in [-0.05, 0) is 102 Å². The Morgan fingerprint density at radius 3 is 1.40 bits per heavy atom. The average Bonchev–Trinajstić information content (AvgIpc) is 2.31. The van der Waals surface area contributed by atoms with Crippen LogP contribution in [0.25, 0.3) is 0 Å². The van der Waals surface area contributed by atoms with Gasteiger partial charge in [-0.1, -0.05) is 0 Å². The Morgan fingerprint density at radius 2 is 1.00 bits per heavy atom. The normalized spacial score (nSPS) is 28.5. The highest BCUT2D eigenvalue weighted by Crippen LogP contribution is 2.87. The first-order valence-corrected chi connectivity index (χ1v) is 19.6. The lowest BCUT2D eigenvalue weighted by molar-refractivity contribution is 0.254. The summed E-state index contributed by atoms with van der Waals surface area (Å²) in [7, 11) is -2.79. The van der Waals surface area contributed by atoms with Gasteiger partial charge in [0, 0.05) is 25.2 Å². The third kappa shape index (κ3) is 5.81. The topological polar surface area (TPSA) is 55.9 Å². The Labute approximate surface area is 178 Å². The van der Waals surface area contributed by atoms with Crippen molar-refractivity contribution >= 4 is 92.7 Å². The third-order valence-corrected chi connectivity index (χ3v) is 20.6. The van der Waals surface area contributed by atoms with Crippen molar-refractivity contribution in [3.05, 3.63) is 0 Å². The monoisotopic (exact) mass is 546 g/mol. The Morgan fingerprint density at radius 1 is 0.640 bits per heavy atom. The predicted octanol–water partition coefficient (Wildman–Crippen LogP) is 10.0. The van der Waals surface area contributed by atoms with Crippen LogP contribution in [-0.4, -0.2) is 34.5 Å². The molecule has 0 aromatic rings. The van der Waals surface area contributed by atoms with Crippen molar-refractivity contribution in [3.8, 4) is 0 Å². The van der Waals surface area contributed by atoms with Crippen LogP contribution in [0.1, 0.15) is 34.1 Å². The van der Waals surface area contributed by atoms with Gasteiger partial charge in [0.05, 0.1) is 0 Å². The van der Waals surface area contributed by atoms with Crippen molar-refractivity contribution < 1.29 is 0 Å². The summed E-state index contributed by atoms with van der Waals surface area (Å²) < 4.78 is 22.2. The van der Waals surface area contributed by atoms with E-state index in [9.17, 15) is 0 Å². The van der Waals surface area contributed by atoms with Gasteiger partial charge in [-0.15, -0.1) is 0 Å². The van der Waals surface area contributed by atoms with Gasteiger partial charge in [0.2, 0.25) is 7.51 Å². The first kappa shape index (κ1) is 23.9. The van der Waals surface area contributed by atoms with E-state index < -0.39 is 25.2 Å². The third-order valence-electron chi connectivity index (χ3n) is 3.54. The molecule has 2 aliphatic heterocycles. The molecule has 0 unspecified atom stereocenters. The maximum atomic E-state index is 6.47. The van der Waals surface area contributed by atoms with Gasteiger partial charge in [0.25, 0.3) is 17.7 Å². The van der Waals surface area contributed by atoms with Crippen LogP contribution in [0, 0.1) is 0 Å². The van der Waals surface area contributed by atoms with Crippen molar-refractivity contribution in [1.29, 1.82) is 0 Å². The van der Waals surface area contributed by atoms with Gasteiger partial charge in [-0.3, -0.25) is 0 Å². The molecule has 148 valence electrons. The van der Waals surface area contributed by atoms with Crippen molar-refractivity contribution in [2.75, 3.05) is 13.1 Å². The maximum Gasteiger partial charge on any atom is 0.257 e. The van der Waals surface area contributed by atoms with Gasteiger partial charge in [0.15, 0.2) is 0 Å². The summed E-state index contributed by atoms with van der Waals surface area (Å²) in [6, 6.07) is 0.269. The molecular formula is C9H20Cl6N6P4. The molecule has 0 aromatic heterocycles. The van der Waals surface area contributed by atoms with E-state index in [-0.39, 0.29) is 12.1 Å². The van der Waals surface area contributed by atoms with Crippen LogP contribution in [0.2, 0.25) is 0 Å². The minimum absolute atomic E-state index is 0.134. The zero-order valence-corrected chi connectivity index (χ0v) is 22.1. The molecule has 0 aromatic carbocycles. The van der Waals surface area contributed by atoms with Crippen LogP contribution < -0.4 is 0 Å². The molecule has 0 bridgehead atoms. The fourth-order valence-electron chi connectivity index (χ4n) is 2.77. The first-order chi connectivity index (χ1) is 11.2. The fourth-order valence-corrected chi connectivity index (χ4v) is 25.8. The first-order valence-electron chi connectivity index (χ1n) is 7.47. The molecule has 0 aliphatic carbocycles. The summed E-state index contributed by atoms with van der Waals surface area (Å²) in [5.74, 6) is -9.68. The molecule has 2 rings (SSSR count). The van der Waals surface area contributed by atoms with E-state index in [0.717, 1.165) is 19.5 Å². The summed E-state index contributed by atoms with van der Waals surface area (Å²) in [6.45, 7) is 9.82. The summed E-state index contributed by atoms with van der Waals surface area (Å²) in [4.78, 5) is 0. The molecule has 0 saturated carbocycles. The molecule has 1 saturated heterocycles. The van der Waals surface area contributed by atoms with E-state index in [4.69, 9.17) is 76.5 Å². The molecule has 0 N–H and O–H groups in total. The van der Waals surface area contributed by atoms with Gasteiger partial charge >= 0.3 is 0 Å². The van der Waals surface area contributed by atoms with Crippen LogP contribution in [0.3, 0.4) is 0 Å². The smallest absolute Gasteiger partial charge is 0.237 e. The highest BCUT2D eigenvalue weighted by atomic mass is 35.9. The van der Waals surface area contributed by atoms with Crippen LogP contribution in [0.15, 0.2) is 18.1 Å². The highest BCUT2D eigenvalue weighted by molar-refractivity contribution is 8.23. The van der Waals surface area contributed by atoms with Crippen molar-refractivity contribution in [3.63, 3.8) is 0 Å². The number of rotatable bonds is 2. The molecule has 25 heavy (non-hydrogen) atoms. The molecule has 16 heteroatoms. The average molecular weight is 549 g/mol. The van der Waals surface area contributed by atoms with Gasteiger partial charge in [-0.2, -0.15) is 18.1 Å². The molecule has 0 radical (unpaired) electrons. The fraction of sp³-hybridized carbons (Fsp3) is 1.00. The van der Waals surface area contributed by atoms with Crippen molar-refractivity contribution in [1.82, 2.24) is 9.34 Å². The molecule has 0 atom stereocenters. The zero-order valence-electron chi connectivity index (χ0n) is 14.0. The summed E-state index contributed by atoms with van der Waals surface area (Å²) in [5, 5.41) is 0. The number of halogens is 6. The Balaban J connectivity index is 2.93. The van der Waals surface area contributed by atoms with Crippen LogP contribution in [0.4, 0.5) is 0 Å². The lowest BCUT2D eigenvalue weighted by Gasteiger charge is -2.48. The van der Waals surface area contributed by atoms with Gasteiger partial charge in [-0.25, -0.2) is 9.34 Å². The largest absolute Gasteiger partial charge is 0.257 e. The van der Waals surface area contributed by atoms with Gasteiger partial charge < -0.3 is 0 Å².